The number of hydrogen-bond donors (Lipinski definition) is 1. The van der Waals surface area contributed by atoms with Crippen LogP contribution in [0.4, 0.5) is 5.82 Å². The smallest absolute Gasteiger partial charge is 0.274 e. The van der Waals surface area contributed by atoms with Crippen LogP contribution >= 0.6 is 0 Å². The number of rotatable bonds is 4. The maximum Gasteiger partial charge on any atom is 0.274 e. The van der Waals surface area contributed by atoms with Crippen LogP contribution in [0.3, 0.4) is 0 Å². The number of carbonyl (C=O) groups excluding carboxylic acids is 1. The van der Waals surface area contributed by atoms with E-state index in [9.17, 15) is 4.79 Å². The summed E-state index contributed by atoms with van der Waals surface area (Å²) in [6, 6.07) is 3.44. The summed E-state index contributed by atoms with van der Waals surface area (Å²) in [7, 11) is 0. The SMILES string of the molecule is C=CCNc1ccc(C(=O)N2CCC3(CC2)OCCO3)nn1. The van der Waals surface area contributed by atoms with Crippen LogP contribution in [0.15, 0.2) is 24.8 Å². The van der Waals surface area contributed by atoms with Gasteiger partial charge in [-0.05, 0) is 12.1 Å². The molecule has 22 heavy (non-hydrogen) atoms. The minimum Gasteiger partial charge on any atom is -0.365 e. The van der Waals surface area contributed by atoms with Gasteiger partial charge in [-0.2, -0.15) is 0 Å². The highest BCUT2D eigenvalue weighted by atomic mass is 16.7. The summed E-state index contributed by atoms with van der Waals surface area (Å²) in [5, 5.41) is 11.0. The van der Waals surface area contributed by atoms with Gasteiger partial charge in [-0.1, -0.05) is 6.08 Å². The van der Waals surface area contributed by atoms with E-state index >= 15 is 0 Å². The van der Waals surface area contributed by atoms with E-state index in [1.165, 1.54) is 0 Å². The summed E-state index contributed by atoms with van der Waals surface area (Å²) in [4.78, 5) is 14.2. The summed E-state index contributed by atoms with van der Waals surface area (Å²) in [6.07, 6.45) is 3.13. The molecular formula is C15H20N4O3. The number of nitrogens with zero attached hydrogens (tertiary/aromatic N) is 3. The maximum absolute atomic E-state index is 12.4. The normalized spacial score (nSPS) is 20.1. The Hall–Kier alpha value is -1.99. The van der Waals surface area contributed by atoms with Gasteiger partial charge in [0.05, 0.1) is 13.2 Å². The van der Waals surface area contributed by atoms with Crippen molar-refractivity contribution in [3.05, 3.63) is 30.5 Å². The Labute approximate surface area is 129 Å². The third-order valence-electron chi connectivity index (χ3n) is 3.94. The molecule has 7 nitrogen and oxygen atoms in total. The molecule has 1 aromatic rings. The van der Waals surface area contributed by atoms with Crippen molar-refractivity contribution in [1.29, 1.82) is 0 Å². The Morgan fingerprint density at radius 2 is 2.05 bits per heavy atom. The number of piperidine rings is 1. The number of carbonyl (C=O) groups is 1. The van der Waals surface area contributed by atoms with E-state index in [1.54, 1.807) is 23.1 Å². The summed E-state index contributed by atoms with van der Waals surface area (Å²) in [5.74, 6) is 0.0541. The molecule has 2 aliphatic heterocycles. The molecule has 7 heteroatoms. The first kappa shape index (κ1) is 14.9. The van der Waals surface area contributed by atoms with Gasteiger partial charge in [-0.25, -0.2) is 0 Å². The lowest BCUT2D eigenvalue weighted by Gasteiger charge is -2.37. The summed E-state index contributed by atoms with van der Waals surface area (Å²) in [5.41, 5.74) is 0.355. The fourth-order valence-corrected chi connectivity index (χ4v) is 2.72. The lowest BCUT2D eigenvalue weighted by atomic mass is 10.0. The quantitative estimate of drug-likeness (QED) is 0.838. The van der Waals surface area contributed by atoms with E-state index in [0.717, 1.165) is 0 Å². The fraction of sp³-hybridized carbons (Fsp3) is 0.533. The van der Waals surface area contributed by atoms with Crippen molar-refractivity contribution in [3.8, 4) is 0 Å². The Morgan fingerprint density at radius 3 is 2.64 bits per heavy atom. The molecule has 1 aromatic heterocycles. The zero-order valence-corrected chi connectivity index (χ0v) is 12.5. The van der Waals surface area contributed by atoms with Crippen molar-refractivity contribution in [2.75, 3.05) is 38.2 Å². The fourth-order valence-electron chi connectivity index (χ4n) is 2.72. The van der Waals surface area contributed by atoms with Crippen LogP contribution in [-0.4, -0.2) is 59.6 Å². The van der Waals surface area contributed by atoms with Gasteiger partial charge in [-0.3, -0.25) is 4.79 Å². The second-order valence-corrected chi connectivity index (χ2v) is 5.37. The van der Waals surface area contributed by atoms with Gasteiger partial charge in [0.1, 0.15) is 5.82 Å². The number of hydrogen-bond acceptors (Lipinski definition) is 6. The lowest BCUT2D eigenvalue weighted by Crippen LogP contribution is -2.47. The minimum absolute atomic E-state index is 0.101. The zero-order chi connectivity index (χ0) is 15.4. The third kappa shape index (κ3) is 3.10. The first-order valence-electron chi connectivity index (χ1n) is 7.48. The van der Waals surface area contributed by atoms with E-state index in [-0.39, 0.29) is 5.91 Å². The summed E-state index contributed by atoms with van der Waals surface area (Å²) >= 11 is 0. The molecular weight excluding hydrogens is 284 g/mol. The molecule has 2 fully saturated rings. The molecule has 0 aliphatic carbocycles. The van der Waals surface area contributed by atoms with Crippen molar-refractivity contribution in [2.45, 2.75) is 18.6 Å². The van der Waals surface area contributed by atoms with Gasteiger partial charge in [-0.15, -0.1) is 16.8 Å². The number of likely N-dealkylation sites (tertiary alicyclic amines) is 1. The highest BCUT2D eigenvalue weighted by molar-refractivity contribution is 5.92. The van der Waals surface area contributed by atoms with Gasteiger partial charge < -0.3 is 19.7 Å². The number of aromatic nitrogens is 2. The number of anilines is 1. The van der Waals surface area contributed by atoms with Crippen LogP contribution in [0.5, 0.6) is 0 Å². The molecule has 1 N–H and O–H groups in total. The average Bonchev–Trinajstić information content (AvgIpc) is 3.02. The largest absolute Gasteiger partial charge is 0.365 e. The number of nitrogens with one attached hydrogen (secondary N) is 1. The van der Waals surface area contributed by atoms with E-state index < -0.39 is 5.79 Å². The molecule has 0 unspecified atom stereocenters. The van der Waals surface area contributed by atoms with Crippen LogP contribution in [0.1, 0.15) is 23.3 Å². The van der Waals surface area contributed by atoms with E-state index in [1.807, 2.05) is 0 Å². The summed E-state index contributed by atoms with van der Waals surface area (Å²) < 4.78 is 11.3. The molecule has 2 aliphatic rings. The topological polar surface area (TPSA) is 76.6 Å². The van der Waals surface area contributed by atoms with Gasteiger partial charge >= 0.3 is 0 Å². The van der Waals surface area contributed by atoms with Crippen LogP contribution < -0.4 is 5.32 Å². The Kier molecular flexibility index (Phi) is 4.35. The van der Waals surface area contributed by atoms with Crippen molar-refractivity contribution in [2.24, 2.45) is 0 Å². The Bertz CT molecular complexity index is 530. The first-order valence-corrected chi connectivity index (χ1v) is 7.48. The zero-order valence-electron chi connectivity index (χ0n) is 12.5. The van der Waals surface area contributed by atoms with Crippen LogP contribution in [0, 0.1) is 0 Å². The average molecular weight is 304 g/mol. The molecule has 0 bridgehead atoms. The molecule has 0 radical (unpaired) electrons. The Balaban J connectivity index is 1.58. The summed E-state index contributed by atoms with van der Waals surface area (Å²) in [6.45, 7) is 6.72. The predicted molar refractivity (Wildman–Crippen MR) is 80.5 cm³/mol. The van der Waals surface area contributed by atoms with Crippen LogP contribution in [-0.2, 0) is 9.47 Å². The van der Waals surface area contributed by atoms with Gasteiger partial charge in [0.25, 0.3) is 5.91 Å². The van der Waals surface area contributed by atoms with Gasteiger partial charge in [0.15, 0.2) is 11.5 Å². The molecule has 0 aromatic carbocycles. The molecule has 0 saturated carbocycles. The molecule has 3 heterocycles. The van der Waals surface area contributed by atoms with Crippen molar-refractivity contribution >= 4 is 11.7 Å². The standard InChI is InChI=1S/C15H20N4O3/c1-2-7-16-13-4-3-12(17-18-13)14(20)19-8-5-15(6-9-19)21-10-11-22-15/h2-4H,1,5-11H2,(H,16,18). The minimum atomic E-state index is -0.471. The number of ether oxygens (including phenoxy) is 2. The second-order valence-electron chi connectivity index (χ2n) is 5.37. The van der Waals surface area contributed by atoms with E-state index in [2.05, 4.69) is 22.1 Å². The van der Waals surface area contributed by atoms with E-state index in [0.29, 0.717) is 57.2 Å². The Morgan fingerprint density at radius 1 is 1.32 bits per heavy atom. The third-order valence-corrected chi connectivity index (χ3v) is 3.94. The molecule has 1 amide bonds. The molecule has 118 valence electrons. The van der Waals surface area contributed by atoms with Gasteiger partial charge in [0, 0.05) is 32.5 Å². The van der Waals surface area contributed by atoms with E-state index in [4.69, 9.17) is 9.47 Å². The monoisotopic (exact) mass is 304 g/mol. The number of amides is 1. The van der Waals surface area contributed by atoms with Crippen LogP contribution in [0.2, 0.25) is 0 Å². The lowest BCUT2D eigenvalue weighted by molar-refractivity contribution is -0.181. The second kappa shape index (κ2) is 6.41. The molecule has 3 rings (SSSR count). The highest BCUT2D eigenvalue weighted by Crippen LogP contribution is 2.31. The van der Waals surface area contributed by atoms with Crippen LogP contribution in [0.25, 0.3) is 0 Å². The first-order chi connectivity index (χ1) is 10.7. The molecule has 0 atom stereocenters. The van der Waals surface area contributed by atoms with Crippen molar-refractivity contribution < 1.29 is 14.3 Å². The van der Waals surface area contributed by atoms with Gasteiger partial charge in [0.2, 0.25) is 0 Å². The predicted octanol–water partition coefficient (Wildman–Crippen LogP) is 1.05. The molecule has 1 spiro atoms. The maximum atomic E-state index is 12.4. The highest BCUT2D eigenvalue weighted by Gasteiger charge is 2.41. The molecule has 2 saturated heterocycles. The van der Waals surface area contributed by atoms with Crippen molar-refractivity contribution in [1.82, 2.24) is 15.1 Å². The van der Waals surface area contributed by atoms with Crippen molar-refractivity contribution in [3.63, 3.8) is 0 Å².